The molecule has 0 radical (unpaired) electrons. The van der Waals surface area contributed by atoms with Gasteiger partial charge >= 0.3 is 0 Å². The molecular formula is C16H16N2O. The van der Waals surface area contributed by atoms with E-state index in [0.29, 0.717) is 17.8 Å². The van der Waals surface area contributed by atoms with Gasteiger partial charge in [-0.2, -0.15) is 0 Å². The van der Waals surface area contributed by atoms with Gasteiger partial charge in [-0.25, -0.2) is 0 Å². The minimum atomic E-state index is 0.308. The summed E-state index contributed by atoms with van der Waals surface area (Å²) in [4.78, 5) is 9.76. The maximum Gasteiger partial charge on any atom is 0.125 e. The monoisotopic (exact) mass is 252 g/mol. The second kappa shape index (κ2) is 4.05. The first-order chi connectivity index (χ1) is 9.33. The van der Waals surface area contributed by atoms with Crippen molar-refractivity contribution in [3.8, 4) is 5.75 Å². The third-order valence-electron chi connectivity index (χ3n) is 4.27. The molecule has 2 atom stereocenters. The molecule has 1 heterocycles. The molecule has 0 saturated heterocycles. The van der Waals surface area contributed by atoms with Gasteiger partial charge in [-0.3, -0.25) is 9.98 Å². The Morgan fingerprint density at radius 2 is 1.63 bits per heavy atom. The zero-order valence-corrected chi connectivity index (χ0v) is 10.7. The molecule has 0 amide bonds. The Balaban J connectivity index is 2.08. The summed E-state index contributed by atoms with van der Waals surface area (Å²) in [6, 6.07) is 10.3. The molecule has 2 aromatic rings. The first-order valence-electron chi connectivity index (χ1n) is 6.99. The number of aromatic hydroxyl groups is 1. The first-order valence-corrected chi connectivity index (χ1v) is 6.99. The summed E-state index contributed by atoms with van der Waals surface area (Å²) >= 11 is 0. The number of hydrogen-bond acceptors (Lipinski definition) is 3. The highest BCUT2D eigenvalue weighted by Crippen LogP contribution is 2.26. The lowest BCUT2D eigenvalue weighted by atomic mass is 9.90. The molecule has 96 valence electrons. The lowest BCUT2D eigenvalue weighted by Gasteiger charge is -2.27. The lowest BCUT2D eigenvalue weighted by molar-refractivity contribution is 0.369. The Morgan fingerprint density at radius 1 is 0.947 bits per heavy atom. The van der Waals surface area contributed by atoms with E-state index >= 15 is 0 Å². The number of nitrogens with zero attached hydrogens (tertiary/aromatic N) is 2. The molecule has 1 aliphatic carbocycles. The summed E-state index contributed by atoms with van der Waals surface area (Å²) in [7, 11) is 0. The van der Waals surface area contributed by atoms with Gasteiger partial charge in [0.1, 0.15) is 5.75 Å². The summed E-state index contributed by atoms with van der Waals surface area (Å²) in [5.74, 6) is 0.308. The first kappa shape index (κ1) is 11.0. The number of rotatable bonds is 0. The van der Waals surface area contributed by atoms with E-state index in [1.807, 2.05) is 24.3 Å². The number of phenolic OH excluding ortho intramolecular Hbond substituents is 1. The maximum atomic E-state index is 10.1. The van der Waals surface area contributed by atoms with Crippen LogP contribution in [-0.4, -0.2) is 17.2 Å². The predicted octanol–water partition coefficient (Wildman–Crippen LogP) is 2.11. The Labute approximate surface area is 111 Å². The second-order valence-electron chi connectivity index (χ2n) is 5.49. The van der Waals surface area contributed by atoms with Crippen LogP contribution in [0.1, 0.15) is 25.7 Å². The molecule has 0 bridgehead atoms. The minimum Gasteiger partial charge on any atom is -0.507 e. The summed E-state index contributed by atoms with van der Waals surface area (Å²) in [6.07, 6.45) is 4.77. The maximum absolute atomic E-state index is 10.1. The fourth-order valence-electron chi connectivity index (χ4n) is 3.30. The smallest absolute Gasteiger partial charge is 0.125 e. The van der Waals surface area contributed by atoms with E-state index in [4.69, 9.17) is 9.98 Å². The van der Waals surface area contributed by atoms with E-state index in [0.717, 1.165) is 34.3 Å². The highest BCUT2D eigenvalue weighted by atomic mass is 16.3. The lowest BCUT2D eigenvalue weighted by Crippen LogP contribution is -2.41. The van der Waals surface area contributed by atoms with Crippen molar-refractivity contribution in [3.05, 3.63) is 41.0 Å². The zero-order chi connectivity index (χ0) is 12.8. The normalized spacial score (nSPS) is 25.1. The van der Waals surface area contributed by atoms with Gasteiger partial charge in [-0.05, 0) is 12.8 Å². The van der Waals surface area contributed by atoms with Crippen LogP contribution in [0, 0.1) is 0 Å². The molecule has 1 aliphatic heterocycles. The Hall–Kier alpha value is -1.90. The fourth-order valence-corrected chi connectivity index (χ4v) is 3.30. The Kier molecular flexibility index (Phi) is 2.34. The highest BCUT2D eigenvalue weighted by molar-refractivity contribution is 5.87. The minimum absolute atomic E-state index is 0.308. The zero-order valence-electron chi connectivity index (χ0n) is 10.7. The number of fused-ring (bicyclic) bond motifs is 4. The van der Waals surface area contributed by atoms with Gasteiger partial charge in [0.05, 0.1) is 22.8 Å². The second-order valence-corrected chi connectivity index (χ2v) is 5.49. The van der Waals surface area contributed by atoms with Gasteiger partial charge in [-0.1, -0.05) is 37.1 Å². The summed E-state index contributed by atoms with van der Waals surface area (Å²) < 4.78 is 0. The molecule has 2 aliphatic rings. The van der Waals surface area contributed by atoms with Crippen LogP contribution in [0.3, 0.4) is 0 Å². The number of hydrogen-bond donors (Lipinski definition) is 1. The molecule has 4 rings (SSSR count). The molecule has 0 spiro atoms. The van der Waals surface area contributed by atoms with E-state index in [9.17, 15) is 5.11 Å². The molecule has 3 heteroatoms. The molecule has 2 aromatic carbocycles. The van der Waals surface area contributed by atoms with Gasteiger partial charge in [0.2, 0.25) is 0 Å². The van der Waals surface area contributed by atoms with Crippen molar-refractivity contribution in [1.29, 1.82) is 0 Å². The third kappa shape index (κ3) is 1.65. The Morgan fingerprint density at radius 3 is 2.42 bits per heavy atom. The molecular weight excluding hydrogens is 236 g/mol. The number of phenols is 1. The van der Waals surface area contributed by atoms with Crippen LogP contribution in [0.2, 0.25) is 0 Å². The highest BCUT2D eigenvalue weighted by Gasteiger charge is 2.26. The van der Waals surface area contributed by atoms with Gasteiger partial charge in [-0.15, -0.1) is 0 Å². The van der Waals surface area contributed by atoms with Gasteiger partial charge in [0, 0.05) is 16.8 Å². The van der Waals surface area contributed by atoms with Crippen LogP contribution in [0.4, 0.5) is 0 Å². The van der Waals surface area contributed by atoms with Crippen molar-refractivity contribution in [2.45, 2.75) is 37.8 Å². The number of benzene rings is 2. The van der Waals surface area contributed by atoms with Crippen molar-refractivity contribution < 1.29 is 5.11 Å². The summed E-state index contributed by atoms with van der Waals surface area (Å²) in [5, 5.41) is 13.8. The average Bonchev–Trinajstić information content (AvgIpc) is 2.46. The molecule has 0 aromatic heterocycles. The fraction of sp³-hybridized carbons (Fsp3) is 0.375. The molecule has 3 nitrogen and oxygen atoms in total. The van der Waals surface area contributed by atoms with E-state index in [1.165, 1.54) is 12.8 Å². The molecule has 1 fully saturated rings. The van der Waals surface area contributed by atoms with Gasteiger partial charge in [0.25, 0.3) is 0 Å². The van der Waals surface area contributed by atoms with Gasteiger partial charge < -0.3 is 5.11 Å². The van der Waals surface area contributed by atoms with Crippen LogP contribution in [0.25, 0.3) is 10.8 Å². The van der Waals surface area contributed by atoms with Crippen molar-refractivity contribution in [1.82, 2.24) is 0 Å². The van der Waals surface area contributed by atoms with E-state index in [1.54, 1.807) is 6.07 Å². The van der Waals surface area contributed by atoms with Crippen LogP contribution in [-0.2, 0) is 0 Å². The largest absolute Gasteiger partial charge is 0.507 e. The van der Waals surface area contributed by atoms with Crippen molar-refractivity contribution in [2.24, 2.45) is 9.98 Å². The van der Waals surface area contributed by atoms with Crippen LogP contribution < -0.4 is 10.7 Å². The SMILES string of the molecule is Oc1cc2c(c3ccccc13)=N[C@H]1CCCC[C@H]1N=2. The predicted molar refractivity (Wildman–Crippen MR) is 74.0 cm³/mol. The van der Waals surface area contributed by atoms with Gasteiger partial charge in [0.15, 0.2) is 0 Å². The molecule has 19 heavy (non-hydrogen) atoms. The van der Waals surface area contributed by atoms with Crippen LogP contribution in [0.5, 0.6) is 5.75 Å². The standard InChI is InChI=1S/C16H16N2O/c19-15-9-14-16(11-6-2-1-5-10(11)15)18-13-8-4-3-7-12(13)17-14/h1-2,5-6,9,12-13,19H,3-4,7-8H2/t12-,13+/m1/s1. The third-order valence-corrected chi connectivity index (χ3v) is 4.27. The van der Waals surface area contributed by atoms with Crippen molar-refractivity contribution in [3.63, 3.8) is 0 Å². The van der Waals surface area contributed by atoms with Crippen molar-refractivity contribution >= 4 is 10.8 Å². The molecule has 1 N–H and O–H groups in total. The molecule has 0 unspecified atom stereocenters. The molecule has 1 saturated carbocycles. The topological polar surface area (TPSA) is 45.0 Å². The van der Waals surface area contributed by atoms with E-state index < -0.39 is 0 Å². The average molecular weight is 252 g/mol. The van der Waals surface area contributed by atoms with Crippen LogP contribution >= 0.6 is 0 Å². The Bertz CT molecular complexity index is 766. The summed E-state index contributed by atoms with van der Waals surface area (Å²) in [5.41, 5.74) is 0. The van der Waals surface area contributed by atoms with E-state index in [-0.39, 0.29) is 0 Å². The van der Waals surface area contributed by atoms with E-state index in [2.05, 4.69) is 0 Å². The van der Waals surface area contributed by atoms with Crippen molar-refractivity contribution in [2.75, 3.05) is 0 Å². The quantitative estimate of drug-likeness (QED) is 0.767. The summed E-state index contributed by atoms with van der Waals surface area (Å²) in [6.45, 7) is 0. The van der Waals surface area contributed by atoms with Crippen LogP contribution in [0.15, 0.2) is 40.3 Å².